The van der Waals surface area contributed by atoms with E-state index in [4.69, 9.17) is 9.47 Å². The van der Waals surface area contributed by atoms with E-state index < -0.39 is 33.5 Å². The van der Waals surface area contributed by atoms with Gasteiger partial charge in [0.2, 0.25) is 9.84 Å². The summed E-state index contributed by atoms with van der Waals surface area (Å²) in [6.45, 7) is 0.169. The quantitative estimate of drug-likeness (QED) is 0.438. The second-order valence-corrected chi connectivity index (χ2v) is 7.98. The first-order valence-corrected chi connectivity index (χ1v) is 8.98. The molecule has 1 spiro atoms. The topological polar surface area (TPSA) is 116 Å². The number of ether oxygens (including phenoxy) is 3. The summed E-state index contributed by atoms with van der Waals surface area (Å²) in [5, 5.41) is 0. The fourth-order valence-electron chi connectivity index (χ4n) is 3.09. The molecule has 2 aromatic carbocycles. The van der Waals surface area contributed by atoms with Crippen molar-refractivity contribution in [1.82, 2.24) is 0 Å². The summed E-state index contributed by atoms with van der Waals surface area (Å²) in [4.78, 5) is 34.7. The molecule has 0 saturated carbocycles. The number of benzene rings is 2. The average Bonchev–Trinajstić information content (AvgIpc) is 3.27. The minimum Gasteiger partial charge on any atom is -0.422 e. The van der Waals surface area contributed by atoms with E-state index in [0.29, 0.717) is 5.56 Å². The number of esters is 3. The highest BCUT2D eigenvalue weighted by Crippen LogP contribution is 2.48. The second-order valence-electron chi connectivity index (χ2n) is 6.03. The minimum atomic E-state index is -4.00. The lowest BCUT2D eigenvalue weighted by molar-refractivity contribution is -0.00798. The molecule has 3 aliphatic rings. The molecule has 1 saturated heterocycles. The second kappa shape index (κ2) is 4.57. The first-order chi connectivity index (χ1) is 12.3. The number of hydrogen-bond donors (Lipinski definition) is 0. The van der Waals surface area contributed by atoms with Crippen LogP contribution >= 0.6 is 0 Å². The van der Waals surface area contributed by atoms with Gasteiger partial charge in [0.25, 0.3) is 5.79 Å². The number of hydrogen-bond acceptors (Lipinski definition) is 8. The zero-order chi connectivity index (χ0) is 18.3. The smallest absolute Gasteiger partial charge is 0.346 e. The molecule has 0 aromatic heterocycles. The summed E-state index contributed by atoms with van der Waals surface area (Å²) in [5.74, 6) is -3.46. The van der Waals surface area contributed by atoms with E-state index in [1.54, 1.807) is 0 Å². The summed E-state index contributed by atoms with van der Waals surface area (Å²) in [6, 6.07) is 7.56. The predicted molar refractivity (Wildman–Crippen MR) is 81.1 cm³/mol. The maximum absolute atomic E-state index is 12.9. The summed E-state index contributed by atoms with van der Waals surface area (Å²) in [6.07, 6.45) is 0. The number of epoxide rings is 1. The van der Waals surface area contributed by atoms with Crippen molar-refractivity contribution < 1.29 is 37.0 Å². The highest BCUT2D eigenvalue weighted by atomic mass is 32.2. The Morgan fingerprint density at radius 2 is 1.42 bits per heavy atom. The lowest BCUT2D eigenvalue weighted by Gasteiger charge is -2.08. The van der Waals surface area contributed by atoms with Gasteiger partial charge in [0.05, 0.1) is 26.5 Å². The first-order valence-electron chi connectivity index (χ1n) is 7.49. The molecule has 9 heteroatoms. The maximum Gasteiger partial charge on any atom is 0.346 e. The number of sulfone groups is 1. The number of rotatable bonds is 2. The van der Waals surface area contributed by atoms with Gasteiger partial charge in [-0.3, -0.25) is 0 Å². The van der Waals surface area contributed by atoms with E-state index in [1.807, 2.05) is 0 Å². The predicted octanol–water partition coefficient (Wildman–Crippen LogP) is 1.18. The van der Waals surface area contributed by atoms with Gasteiger partial charge in [-0.2, -0.15) is 0 Å². The van der Waals surface area contributed by atoms with Gasteiger partial charge in [-0.15, -0.1) is 0 Å². The van der Waals surface area contributed by atoms with Crippen LogP contribution in [0, 0.1) is 0 Å². The van der Waals surface area contributed by atoms with Crippen LogP contribution in [0.5, 0.6) is 0 Å². The van der Waals surface area contributed by atoms with E-state index in [9.17, 15) is 22.8 Å². The van der Waals surface area contributed by atoms with Crippen LogP contribution in [-0.4, -0.2) is 32.9 Å². The van der Waals surface area contributed by atoms with E-state index >= 15 is 0 Å². The van der Waals surface area contributed by atoms with Crippen molar-refractivity contribution in [2.45, 2.75) is 15.6 Å². The van der Waals surface area contributed by atoms with Crippen molar-refractivity contribution in [3.05, 3.63) is 58.7 Å². The van der Waals surface area contributed by atoms with Gasteiger partial charge in [0.15, 0.2) is 0 Å². The Morgan fingerprint density at radius 1 is 0.808 bits per heavy atom. The lowest BCUT2D eigenvalue weighted by Crippen LogP contribution is -2.09. The van der Waals surface area contributed by atoms with Crippen LogP contribution < -0.4 is 0 Å². The molecule has 3 aliphatic heterocycles. The molecule has 0 radical (unpaired) electrons. The lowest BCUT2D eigenvalue weighted by atomic mass is 10.1. The van der Waals surface area contributed by atoms with Crippen molar-refractivity contribution in [2.24, 2.45) is 0 Å². The van der Waals surface area contributed by atoms with E-state index in [0.717, 1.165) is 6.07 Å². The molecule has 130 valence electrons. The molecule has 8 nitrogen and oxygen atoms in total. The van der Waals surface area contributed by atoms with Crippen LogP contribution in [0.25, 0.3) is 0 Å². The number of carbonyl (C=O) groups excluding carboxylic acids is 3. The molecular formula is C17H8O8S. The average molecular weight is 372 g/mol. The Kier molecular flexibility index (Phi) is 2.68. The Hall–Kier alpha value is -3.04. The molecule has 0 amide bonds. The fourth-order valence-corrected chi connectivity index (χ4v) is 4.40. The third-order valence-corrected chi connectivity index (χ3v) is 6.27. The zero-order valence-electron chi connectivity index (χ0n) is 12.8. The van der Waals surface area contributed by atoms with Crippen LogP contribution in [0.3, 0.4) is 0 Å². The van der Waals surface area contributed by atoms with Gasteiger partial charge in [-0.1, -0.05) is 0 Å². The third-order valence-electron chi connectivity index (χ3n) is 4.52. The van der Waals surface area contributed by atoms with Gasteiger partial charge in [0, 0.05) is 5.56 Å². The number of carbonyl (C=O) groups is 3. The van der Waals surface area contributed by atoms with Gasteiger partial charge >= 0.3 is 17.9 Å². The van der Waals surface area contributed by atoms with Gasteiger partial charge in [0.1, 0.15) is 6.61 Å². The van der Waals surface area contributed by atoms with Crippen LogP contribution in [0.4, 0.5) is 0 Å². The summed E-state index contributed by atoms with van der Waals surface area (Å²) < 4.78 is 40.6. The molecule has 26 heavy (non-hydrogen) atoms. The molecule has 1 fully saturated rings. The Bertz CT molecular complexity index is 1160. The molecule has 2 aromatic rings. The molecule has 5 rings (SSSR count). The first kappa shape index (κ1) is 15.2. The number of cyclic esters (lactones) is 2. The zero-order valence-corrected chi connectivity index (χ0v) is 13.7. The summed E-state index contributed by atoms with van der Waals surface area (Å²) in [7, 11) is -4.00. The van der Waals surface area contributed by atoms with Crippen molar-refractivity contribution in [1.29, 1.82) is 0 Å². The van der Waals surface area contributed by atoms with Crippen molar-refractivity contribution in [2.75, 3.05) is 6.61 Å². The van der Waals surface area contributed by atoms with Gasteiger partial charge in [-0.25, -0.2) is 22.8 Å². The Labute approximate surface area is 146 Å². The van der Waals surface area contributed by atoms with Gasteiger partial charge in [-0.05, 0) is 36.4 Å². The third kappa shape index (κ3) is 1.86. The van der Waals surface area contributed by atoms with Crippen molar-refractivity contribution in [3.8, 4) is 0 Å². The van der Waals surface area contributed by atoms with Crippen LogP contribution in [-0.2, 0) is 29.8 Å². The fraction of sp³-hybridized carbons (Fsp3) is 0.118. The van der Waals surface area contributed by atoms with Crippen LogP contribution in [0.2, 0.25) is 0 Å². The molecule has 3 heterocycles. The van der Waals surface area contributed by atoms with Crippen molar-refractivity contribution >= 4 is 27.7 Å². The minimum absolute atomic E-state index is 0.0206. The van der Waals surface area contributed by atoms with Crippen molar-refractivity contribution in [3.63, 3.8) is 0 Å². The standard InChI is InChI=1S/C17H8O8S/c18-14-10-3-1-8(5-12(10)15(19)24-14)26(21,22)9-2-4-11-13(6-9)17(7-23-17)25-16(11)20/h1-6H,7H2. The number of fused-ring (bicyclic) bond motifs is 3. The molecule has 1 atom stereocenters. The Balaban J connectivity index is 1.63. The molecule has 1 unspecified atom stereocenters. The highest BCUT2D eigenvalue weighted by Gasteiger charge is 2.58. The molecule has 0 bridgehead atoms. The SMILES string of the molecule is O=C1OC(=O)c2cc(S(=O)(=O)c3ccc4c(c3)C3(CO3)OC4=O)ccc21. The largest absolute Gasteiger partial charge is 0.422 e. The van der Waals surface area contributed by atoms with E-state index in [2.05, 4.69) is 4.74 Å². The monoisotopic (exact) mass is 372 g/mol. The highest BCUT2D eigenvalue weighted by molar-refractivity contribution is 7.91. The van der Waals surface area contributed by atoms with Crippen LogP contribution in [0.15, 0.2) is 46.2 Å². The summed E-state index contributed by atoms with van der Waals surface area (Å²) >= 11 is 0. The van der Waals surface area contributed by atoms with E-state index in [-0.39, 0.29) is 33.1 Å². The molecule has 0 N–H and O–H groups in total. The Morgan fingerprint density at radius 3 is 2.12 bits per heavy atom. The van der Waals surface area contributed by atoms with Gasteiger partial charge < -0.3 is 14.2 Å². The molecule has 0 aliphatic carbocycles. The van der Waals surface area contributed by atoms with Crippen LogP contribution in [0.1, 0.15) is 36.6 Å². The summed E-state index contributed by atoms with van der Waals surface area (Å²) in [5.41, 5.74) is 0.536. The normalized spacial score (nSPS) is 22.8. The molecular weight excluding hydrogens is 364 g/mol. The maximum atomic E-state index is 12.9. The van der Waals surface area contributed by atoms with E-state index in [1.165, 1.54) is 30.3 Å².